The number of benzene rings is 1. The van der Waals surface area contributed by atoms with Crippen molar-refractivity contribution in [2.24, 2.45) is 5.92 Å². The van der Waals surface area contributed by atoms with Crippen molar-refractivity contribution >= 4 is 39.9 Å². The lowest BCUT2D eigenvalue weighted by molar-refractivity contribution is -0.136. The molecular weight excluding hydrogens is 440 g/mol. The van der Waals surface area contributed by atoms with E-state index in [0.29, 0.717) is 31.2 Å². The highest BCUT2D eigenvalue weighted by atomic mass is 32.1. The van der Waals surface area contributed by atoms with Gasteiger partial charge in [0.15, 0.2) is 10.9 Å². The number of carbonyl (C=O) groups is 3. The van der Waals surface area contributed by atoms with Gasteiger partial charge in [0, 0.05) is 36.5 Å². The summed E-state index contributed by atoms with van der Waals surface area (Å²) in [6.45, 7) is 5.45. The molecule has 9 heteroatoms. The number of thiazole rings is 1. The number of amides is 3. The van der Waals surface area contributed by atoms with Crippen LogP contribution in [0.25, 0.3) is 0 Å². The molecule has 2 aliphatic heterocycles. The van der Waals surface area contributed by atoms with Crippen LogP contribution in [0.1, 0.15) is 38.7 Å². The maximum Gasteiger partial charge on any atom is 0.293 e. The van der Waals surface area contributed by atoms with Crippen LogP contribution in [0.15, 0.2) is 41.0 Å². The number of hydrogen-bond donors (Lipinski definition) is 1. The lowest BCUT2D eigenvalue weighted by Gasteiger charge is -2.28. The summed E-state index contributed by atoms with van der Waals surface area (Å²) in [5, 5.41) is 3.25. The predicted octanol–water partition coefficient (Wildman–Crippen LogP) is 3.54. The van der Waals surface area contributed by atoms with E-state index in [1.165, 1.54) is 23.2 Å². The fraction of sp³-hybridized carbons (Fsp3) is 0.333. The molecule has 0 radical (unpaired) electrons. The Labute approximate surface area is 195 Å². The Morgan fingerprint density at radius 1 is 1.21 bits per heavy atom. The topological polar surface area (TPSA) is 95.8 Å². The molecular formula is C24H24N4O4S. The number of aromatic nitrogens is 1. The molecule has 1 unspecified atom stereocenters. The average Bonchev–Trinajstić information content (AvgIpc) is 3.54. The van der Waals surface area contributed by atoms with Gasteiger partial charge in [0.05, 0.1) is 24.4 Å². The van der Waals surface area contributed by atoms with Gasteiger partial charge in [0.1, 0.15) is 0 Å². The van der Waals surface area contributed by atoms with Crippen LogP contribution in [-0.4, -0.2) is 40.7 Å². The summed E-state index contributed by atoms with van der Waals surface area (Å²) in [5.74, 6) is -0.509. The van der Waals surface area contributed by atoms with E-state index in [1.54, 1.807) is 21.9 Å². The van der Waals surface area contributed by atoms with E-state index in [4.69, 9.17) is 4.42 Å². The molecule has 1 aromatic carbocycles. The molecule has 0 saturated carbocycles. The summed E-state index contributed by atoms with van der Waals surface area (Å²) >= 11 is 1.37. The van der Waals surface area contributed by atoms with E-state index in [-0.39, 0.29) is 35.8 Å². The van der Waals surface area contributed by atoms with Crippen LogP contribution < -0.4 is 10.2 Å². The molecule has 3 aromatic rings. The molecule has 5 rings (SSSR count). The van der Waals surface area contributed by atoms with E-state index < -0.39 is 0 Å². The molecule has 3 amide bonds. The first-order chi connectivity index (χ1) is 15.9. The maximum atomic E-state index is 13.2. The third kappa shape index (κ3) is 4.16. The first-order valence-corrected chi connectivity index (χ1v) is 11.7. The van der Waals surface area contributed by atoms with Crippen molar-refractivity contribution in [3.63, 3.8) is 0 Å². The zero-order chi connectivity index (χ0) is 23.1. The van der Waals surface area contributed by atoms with Gasteiger partial charge < -0.3 is 14.2 Å². The Hall–Kier alpha value is -3.46. The van der Waals surface area contributed by atoms with Gasteiger partial charge in [-0.05, 0) is 49.2 Å². The van der Waals surface area contributed by atoms with Gasteiger partial charge in [0.2, 0.25) is 11.8 Å². The van der Waals surface area contributed by atoms with Crippen LogP contribution in [0, 0.1) is 19.8 Å². The van der Waals surface area contributed by atoms with Gasteiger partial charge in [0.25, 0.3) is 5.91 Å². The molecule has 33 heavy (non-hydrogen) atoms. The molecule has 2 aromatic heterocycles. The van der Waals surface area contributed by atoms with E-state index in [1.807, 2.05) is 32.0 Å². The van der Waals surface area contributed by atoms with E-state index >= 15 is 0 Å². The zero-order valence-electron chi connectivity index (χ0n) is 18.5. The molecule has 4 heterocycles. The third-order valence-corrected chi connectivity index (χ3v) is 7.28. The second-order valence-corrected chi connectivity index (χ2v) is 9.59. The van der Waals surface area contributed by atoms with E-state index in [2.05, 4.69) is 10.3 Å². The number of furan rings is 1. The van der Waals surface area contributed by atoms with E-state index in [0.717, 1.165) is 21.8 Å². The van der Waals surface area contributed by atoms with E-state index in [9.17, 15) is 14.4 Å². The van der Waals surface area contributed by atoms with Crippen molar-refractivity contribution in [2.75, 3.05) is 23.3 Å². The van der Waals surface area contributed by atoms with Crippen LogP contribution in [0.3, 0.4) is 0 Å². The van der Waals surface area contributed by atoms with Gasteiger partial charge >= 0.3 is 0 Å². The smallest absolute Gasteiger partial charge is 0.293 e. The molecule has 8 nitrogen and oxygen atoms in total. The maximum absolute atomic E-state index is 13.2. The number of aryl methyl sites for hydroxylation is 2. The Kier molecular flexibility index (Phi) is 5.49. The third-order valence-electron chi connectivity index (χ3n) is 6.28. The van der Waals surface area contributed by atoms with Crippen molar-refractivity contribution in [3.8, 4) is 0 Å². The molecule has 0 bridgehead atoms. The van der Waals surface area contributed by atoms with Crippen LogP contribution >= 0.6 is 11.3 Å². The SMILES string of the molecule is Cc1ccc(N2CC(C(=O)N3CCc4nc(NC(=O)c5ccco5)sc4C3)CC2=O)cc1C. The summed E-state index contributed by atoms with van der Waals surface area (Å²) in [6.07, 6.45) is 2.29. The van der Waals surface area contributed by atoms with Gasteiger partial charge in [-0.3, -0.25) is 19.7 Å². The number of fused-ring (bicyclic) bond motifs is 1. The number of nitrogens with zero attached hydrogens (tertiary/aromatic N) is 3. The quantitative estimate of drug-likeness (QED) is 0.637. The lowest BCUT2D eigenvalue weighted by Crippen LogP contribution is -2.40. The summed E-state index contributed by atoms with van der Waals surface area (Å²) in [4.78, 5) is 47.1. The minimum absolute atomic E-state index is 0.00472. The molecule has 170 valence electrons. The number of carbonyl (C=O) groups excluding carboxylic acids is 3. The van der Waals surface area contributed by atoms with Gasteiger partial charge in [-0.25, -0.2) is 4.98 Å². The Balaban J connectivity index is 1.25. The molecule has 1 atom stereocenters. The Bertz CT molecular complexity index is 1230. The van der Waals surface area contributed by atoms with Crippen molar-refractivity contribution in [1.29, 1.82) is 0 Å². The van der Waals surface area contributed by atoms with Crippen LogP contribution in [-0.2, 0) is 22.6 Å². The molecule has 1 N–H and O–H groups in total. The number of anilines is 2. The first kappa shape index (κ1) is 21.4. The van der Waals surface area contributed by atoms with Crippen molar-refractivity contribution < 1.29 is 18.8 Å². The van der Waals surface area contributed by atoms with Crippen LogP contribution in [0.2, 0.25) is 0 Å². The van der Waals surface area contributed by atoms with Gasteiger partial charge in [-0.1, -0.05) is 17.4 Å². The second-order valence-electron chi connectivity index (χ2n) is 8.50. The number of hydrogen-bond acceptors (Lipinski definition) is 6. The standard InChI is InChI=1S/C24H24N4O4S/c1-14-5-6-17(10-15(14)2)28-12-16(11-21(28)29)23(31)27-8-7-18-20(13-27)33-24(25-18)26-22(30)19-4-3-9-32-19/h3-6,9-10,16H,7-8,11-13H2,1-2H3,(H,25,26,30). The minimum atomic E-state index is -0.355. The fourth-order valence-corrected chi connectivity index (χ4v) is 5.30. The van der Waals surface area contributed by atoms with Crippen molar-refractivity contribution in [3.05, 3.63) is 64.1 Å². The molecule has 2 aliphatic rings. The number of rotatable bonds is 4. The highest BCUT2D eigenvalue weighted by molar-refractivity contribution is 7.15. The second kappa shape index (κ2) is 8.47. The predicted molar refractivity (Wildman–Crippen MR) is 124 cm³/mol. The molecule has 0 aliphatic carbocycles. The summed E-state index contributed by atoms with van der Waals surface area (Å²) in [7, 11) is 0. The monoisotopic (exact) mass is 464 g/mol. The lowest BCUT2D eigenvalue weighted by atomic mass is 10.1. The number of nitrogens with one attached hydrogen (secondary N) is 1. The van der Waals surface area contributed by atoms with Crippen molar-refractivity contribution in [1.82, 2.24) is 9.88 Å². The summed E-state index contributed by atoms with van der Waals surface area (Å²) < 4.78 is 5.12. The molecule has 1 fully saturated rings. The zero-order valence-corrected chi connectivity index (χ0v) is 19.3. The highest BCUT2D eigenvalue weighted by Crippen LogP contribution is 2.32. The van der Waals surface area contributed by atoms with Gasteiger partial charge in [-0.2, -0.15) is 0 Å². The first-order valence-electron chi connectivity index (χ1n) is 10.9. The Morgan fingerprint density at radius 2 is 2.06 bits per heavy atom. The van der Waals surface area contributed by atoms with Crippen molar-refractivity contribution in [2.45, 2.75) is 33.2 Å². The molecule has 0 spiro atoms. The van der Waals surface area contributed by atoms with Gasteiger partial charge in [-0.15, -0.1) is 0 Å². The summed E-state index contributed by atoms with van der Waals surface area (Å²) in [5.41, 5.74) is 4.04. The normalized spacial score (nSPS) is 17.9. The minimum Gasteiger partial charge on any atom is -0.459 e. The highest BCUT2D eigenvalue weighted by Gasteiger charge is 2.38. The fourth-order valence-electron chi connectivity index (χ4n) is 4.28. The van der Waals surface area contributed by atoms with Crippen LogP contribution in [0.5, 0.6) is 0 Å². The molecule has 1 saturated heterocycles. The average molecular weight is 465 g/mol. The largest absolute Gasteiger partial charge is 0.459 e. The Morgan fingerprint density at radius 3 is 2.82 bits per heavy atom. The summed E-state index contributed by atoms with van der Waals surface area (Å²) in [6, 6.07) is 9.19. The van der Waals surface area contributed by atoms with Crippen LogP contribution in [0.4, 0.5) is 10.8 Å².